The van der Waals surface area contributed by atoms with Gasteiger partial charge in [-0.1, -0.05) is 6.92 Å². The number of nitrogen functional groups attached to an aromatic ring is 1. The maximum Gasteiger partial charge on any atom is 0.151 e. The number of hydrogen-bond acceptors (Lipinski definition) is 5. The minimum absolute atomic E-state index is 0.528. The predicted octanol–water partition coefficient (Wildman–Crippen LogP) is 2.12. The molecule has 0 spiro atoms. The van der Waals surface area contributed by atoms with Gasteiger partial charge in [-0.15, -0.1) is 0 Å². The van der Waals surface area contributed by atoms with E-state index in [9.17, 15) is 0 Å². The van der Waals surface area contributed by atoms with Crippen LogP contribution in [0.15, 0.2) is 12.5 Å². The van der Waals surface area contributed by atoms with Gasteiger partial charge in [0, 0.05) is 24.8 Å². The van der Waals surface area contributed by atoms with Crippen LogP contribution in [0.5, 0.6) is 0 Å². The molecule has 5 nitrogen and oxygen atoms in total. The van der Waals surface area contributed by atoms with Crippen LogP contribution in [0, 0.1) is 5.92 Å². The summed E-state index contributed by atoms with van der Waals surface area (Å²) in [7, 11) is 0. The summed E-state index contributed by atoms with van der Waals surface area (Å²) < 4.78 is 0. The first kappa shape index (κ1) is 13.7. The van der Waals surface area contributed by atoms with Gasteiger partial charge in [-0.05, 0) is 30.4 Å². The van der Waals surface area contributed by atoms with Crippen molar-refractivity contribution in [3.63, 3.8) is 0 Å². The molecule has 0 aromatic carbocycles. The molecule has 3 heterocycles. The predicted molar refractivity (Wildman–Crippen MR) is 84.7 cm³/mol. The third-order valence-electron chi connectivity index (χ3n) is 3.89. The number of aromatic nitrogens is 3. The lowest BCUT2D eigenvalue weighted by molar-refractivity contribution is 0.322. The number of fused-ring (bicyclic) bond motifs is 1. The van der Waals surface area contributed by atoms with Crippen molar-refractivity contribution in [2.24, 2.45) is 5.92 Å². The van der Waals surface area contributed by atoms with E-state index in [1.807, 2.05) is 18.0 Å². The fourth-order valence-corrected chi connectivity index (χ4v) is 3.69. The van der Waals surface area contributed by atoms with Gasteiger partial charge < -0.3 is 10.7 Å². The van der Waals surface area contributed by atoms with Gasteiger partial charge in [-0.2, -0.15) is 11.8 Å². The van der Waals surface area contributed by atoms with E-state index in [2.05, 4.69) is 26.8 Å². The average Bonchev–Trinajstić information content (AvgIpc) is 3.06. The van der Waals surface area contributed by atoms with Crippen LogP contribution in [0.4, 0.5) is 5.82 Å². The zero-order valence-corrected chi connectivity index (χ0v) is 12.6. The molecule has 1 aliphatic heterocycles. The van der Waals surface area contributed by atoms with Crippen molar-refractivity contribution in [3.8, 4) is 0 Å². The molecule has 1 aliphatic rings. The molecular formula is C14H21N5S. The van der Waals surface area contributed by atoms with E-state index in [1.165, 1.54) is 36.6 Å². The van der Waals surface area contributed by atoms with Crippen LogP contribution in [0.3, 0.4) is 0 Å². The molecule has 0 radical (unpaired) electrons. The van der Waals surface area contributed by atoms with E-state index in [4.69, 9.17) is 5.73 Å². The second-order valence-corrected chi connectivity index (χ2v) is 6.66. The molecule has 1 unspecified atom stereocenters. The molecule has 1 atom stereocenters. The number of H-pyrrole nitrogens is 1. The number of rotatable bonds is 5. The van der Waals surface area contributed by atoms with Crippen LogP contribution in [-0.4, -0.2) is 44.4 Å². The summed E-state index contributed by atoms with van der Waals surface area (Å²) in [6.07, 6.45) is 4.87. The van der Waals surface area contributed by atoms with Crippen molar-refractivity contribution in [2.75, 3.05) is 30.3 Å². The second kappa shape index (κ2) is 6.01. The summed E-state index contributed by atoms with van der Waals surface area (Å²) in [6, 6.07) is 0. The van der Waals surface area contributed by atoms with E-state index in [0.29, 0.717) is 5.82 Å². The number of aromatic amines is 1. The highest BCUT2D eigenvalue weighted by molar-refractivity contribution is 7.99. The third kappa shape index (κ3) is 2.76. The number of nitrogens with zero attached hydrogens (tertiary/aromatic N) is 3. The largest absolute Gasteiger partial charge is 0.382 e. The Morgan fingerprint density at radius 3 is 3.25 bits per heavy atom. The fourth-order valence-electron chi connectivity index (χ4n) is 2.85. The summed E-state index contributed by atoms with van der Waals surface area (Å²) in [5.74, 6) is 3.87. The highest BCUT2D eigenvalue weighted by Gasteiger charge is 2.23. The lowest BCUT2D eigenvalue weighted by Gasteiger charge is -2.15. The number of nitrogens with two attached hydrogens (primary N) is 1. The van der Waals surface area contributed by atoms with E-state index in [-0.39, 0.29) is 0 Å². The monoisotopic (exact) mass is 291 g/mol. The molecule has 3 rings (SSSR count). The van der Waals surface area contributed by atoms with Gasteiger partial charge in [0.25, 0.3) is 0 Å². The molecule has 0 bridgehead atoms. The molecule has 3 N–H and O–H groups in total. The quantitative estimate of drug-likeness (QED) is 0.883. The Kier molecular flexibility index (Phi) is 4.12. The number of anilines is 1. The smallest absolute Gasteiger partial charge is 0.151 e. The second-order valence-electron chi connectivity index (χ2n) is 5.35. The van der Waals surface area contributed by atoms with Crippen molar-refractivity contribution in [3.05, 3.63) is 18.1 Å². The van der Waals surface area contributed by atoms with Gasteiger partial charge in [0.15, 0.2) is 5.82 Å². The first-order valence-electron chi connectivity index (χ1n) is 7.14. The SMILES string of the molecule is CCSCC1CCN(Cc2c[nH]c3c(N)ncnc23)C1. The summed E-state index contributed by atoms with van der Waals surface area (Å²) in [6.45, 7) is 5.56. The van der Waals surface area contributed by atoms with Gasteiger partial charge in [-0.25, -0.2) is 9.97 Å². The van der Waals surface area contributed by atoms with E-state index in [0.717, 1.165) is 23.5 Å². The number of thioether (sulfide) groups is 1. The molecule has 1 saturated heterocycles. The maximum absolute atomic E-state index is 5.86. The minimum Gasteiger partial charge on any atom is -0.382 e. The van der Waals surface area contributed by atoms with Crippen LogP contribution < -0.4 is 5.73 Å². The first-order chi connectivity index (χ1) is 9.78. The summed E-state index contributed by atoms with van der Waals surface area (Å²) in [5.41, 5.74) is 8.90. The molecule has 0 aliphatic carbocycles. The standard InChI is InChI=1S/C14H21N5S/c1-2-20-8-10-3-4-19(6-10)7-11-5-16-13-12(11)17-9-18-14(13)15/h5,9-10,16H,2-4,6-8H2,1H3,(H2,15,17,18). The average molecular weight is 291 g/mol. The fraction of sp³-hybridized carbons (Fsp3) is 0.571. The van der Waals surface area contributed by atoms with Gasteiger partial charge in [0.05, 0.1) is 5.52 Å². The molecular weight excluding hydrogens is 270 g/mol. The van der Waals surface area contributed by atoms with Crippen LogP contribution in [0.1, 0.15) is 18.9 Å². The molecule has 108 valence electrons. The summed E-state index contributed by atoms with van der Waals surface area (Å²) in [4.78, 5) is 14.1. The summed E-state index contributed by atoms with van der Waals surface area (Å²) in [5, 5.41) is 0. The van der Waals surface area contributed by atoms with Gasteiger partial charge >= 0.3 is 0 Å². The lowest BCUT2D eigenvalue weighted by Crippen LogP contribution is -2.20. The Bertz CT molecular complexity index is 582. The Hall–Kier alpha value is -1.27. The lowest BCUT2D eigenvalue weighted by atomic mass is 10.2. The zero-order chi connectivity index (χ0) is 13.9. The summed E-state index contributed by atoms with van der Waals surface area (Å²) >= 11 is 2.05. The molecule has 0 amide bonds. The van der Waals surface area contributed by atoms with Crippen LogP contribution >= 0.6 is 11.8 Å². The maximum atomic E-state index is 5.86. The molecule has 2 aromatic rings. The Balaban J connectivity index is 1.67. The Morgan fingerprint density at radius 1 is 1.50 bits per heavy atom. The highest BCUT2D eigenvalue weighted by atomic mass is 32.2. The molecule has 20 heavy (non-hydrogen) atoms. The van der Waals surface area contributed by atoms with Gasteiger partial charge in [-0.3, -0.25) is 4.90 Å². The number of likely N-dealkylation sites (tertiary alicyclic amines) is 1. The Morgan fingerprint density at radius 2 is 2.40 bits per heavy atom. The van der Waals surface area contributed by atoms with Gasteiger partial charge in [0.1, 0.15) is 11.8 Å². The van der Waals surface area contributed by atoms with Crippen molar-refractivity contribution in [1.29, 1.82) is 0 Å². The molecule has 1 fully saturated rings. The first-order valence-corrected chi connectivity index (χ1v) is 8.30. The molecule has 0 saturated carbocycles. The van der Waals surface area contributed by atoms with Crippen molar-refractivity contribution in [1.82, 2.24) is 19.9 Å². The van der Waals surface area contributed by atoms with Crippen molar-refractivity contribution < 1.29 is 0 Å². The third-order valence-corrected chi connectivity index (χ3v) is 5.01. The number of nitrogens with one attached hydrogen (secondary N) is 1. The van der Waals surface area contributed by atoms with E-state index >= 15 is 0 Å². The van der Waals surface area contributed by atoms with Gasteiger partial charge in [0.2, 0.25) is 0 Å². The van der Waals surface area contributed by atoms with E-state index < -0.39 is 0 Å². The minimum atomic E-state index is 0.528. The normalized spacial score (nSPS) is 19.9. The van der Waals surface area contributed by atoms with Crippen molar-refractivity contribution in [2.45, 2.75) is 19.9 Å². The van der Waals surface area contributed by atoms with Crippen LogP contribution in [0.2, 0.25) is 0 Å². The zero-order valence-electron chi connectivity index (χ0n) is 11.8. The topological polar surface area (TPSA) is 70.8 Å². The number of hydrogen-bond donors (Lipinski definition) is 2. The van der Waals surface area contributed by atoms with Crippen LogP contribution in [-0.2, 0) is 6.54 Å². The Labute approximate surface area is 123 Å². The molecule has 6 heteroatoms. The van der Waals surface area contributed by atoms with Crippen LogP contribution in [0.25, 0.3) is 11.0 Å². The van der Waals surface area contributed by atoms with Crippen molar-refractivity contribution >= 4 is 28.6 Å². The molecule has 2 aromatic heterocycles. The van der Waals surface area contributed by atoms with E-state index in [1.54, 1.807) is 6.33 Å². The highest BCUT2D eigenvalue weighted by Crippen LogP contribution is 2.25.